The molecule has 31 heavy (non-hydrogen) atoms. The van der Waals surface area contributed by atoms with E-state index in [0.717, 1.165) is 44.3 Å². The lowest BCUT2D eigenvalue weighted by Gasteiger charge is -2.32. The molecule has 2 fully saturated rings. The molecule has 7 nitrogen and oxygen atoms in total. The maximum absolute atomic E-state index is 12.2. The van der Waals surface area contributed by atoms with Gasteiger partial charge in [-0.25, -0.2) is 4.79 Å². The summed E-state index contributed by atoms with van der Waals surface area (Å²) in [6.07, 6.45) is 7.39. The van der Waals surface area contributed by atoms with Crippen LogP contribution >= 0.6 is 0 Å². The Labute approximate surface area is 181 Å². The van der Waals surface area contributed by atoms with Crippen molar-refractivity contribution in [3.63, 3.8) is 0 Å². The third-order valence-electron chi connectivity index (χ3n) is 5.87. The fourth-order valence-corrected chi connectivity index (χ4v) is 4.14. The van der Waals surface area contributed by atoms with Crippen LogP contribution in [0.3, 0.4) is 0 Å². The SMILES string of the molecule is O=C(CN1CCC(NC(=O)NC2CCCCC2)CC1)NCc1ccc(OC(F)F)cc1. The Bertz CT molecular complexity index is 703. The van der Waals surface area contributed by atoms with E-state index in [1.54, 1.807) is 12.1 Å². The number of carbonyl (C=O) groups excluding carboxylic acids is 2. The minimum absolute atomic E-state index is 0.0759. The second-order valence-corrected chi connectivity index (χ2v) is 8.30. The van der Waals surface area contributed by atoms with Crippen LogP contribution in [-0.4, -0.2) is 55.2 Å². The molecule has 1 saturated heterocycles. The standard InChI is InChI=1S/C22H32F2N4O3/c23-21(24)31-19-8-6-16(7-9-19)14-25-20(29)15-28-12-10-18(11-13-28)27-22(30)26-17-4-2-1-3-5-17/h6-9,17-18,21H,1-5,10-15H2,(H,25,29)(H2,26,27,30). The Balaban J connectivity index is 1.30. The summed E-state index contributed by atoms with van der Waals surface area (Å²) in [5.74, 6) is 0.00309. The number of hydrogen-bond donors (Lipinski definition) is 3. The average Bonchev–Trinajstić information content (AvgIpc) is 2.75. The van der Waals surface area contributed by atoms with Gasteiger partial charge in [0.05, 0.1) is 6.54 Å². The first-order valence-electron chi connectivity index (χ1n) is 11.1. The summed E-state index contributed by atoms with van der Waals surface area (Å²) in [5.41, 5.74) is 0.807. The molecule has 1 saturated carbocycles. The number of benzene rings is 1. The third kappa shape index (κ3) is 8.32. The molecule has 2 aliphatic rings. The predicted molar refractivity (Wildman–Crippen MR) is 113 cm³/mol. The van der Waals surface area contributed by atoms with E-state index >= 15 is 0 Å². The van der Waals surface area contributed by atoms with Crippen LogP contribution in [-0.2, 0) is 11.3 Å². The average molecular weight is 439 g/mol. The van der Waals surface area contributed by atoms with Gasteiger partial charge in [-0.1, -0.05) is 31.4 Å². The Kier molecular flexibility index (Phi) is 8.87. The van der Waals surface area contributed by atoms with Gasteiger partial charge in [-0.05, 0) is 43.4 Å². The maximum Gasteiger partial charge on any atom is 0.387 e. The number of rotatable bonds is 8. The Morgan fingerprint density at radius 2 is 1.58 bits per heavy atom. The van der Waals surface area contributed by atoms with Gasteiger partial charge in [0.1, 0.15) is 5.75 Å². The lowest BCUT2D eigenvalue weighted by molar-refractivity contribution is -0.122. The van der Waals surface area contributed by atoms with Crippen molar-refractivity contribution in [3.05, 3.63) is 29.8 Å². The van der Waals surface area contributed by atoms with Crippen LogP contribution < -0.4 is 20.7 Å². The summed E-state index contributed by atoms with van der Waals surface area (Å²) in [6, 6.07) is 6.56. The molecule has 1 aromatic rings. The van der Waals surface area contributed by atoms with E-state index in [-0.39, 0.29) is 23.7 Å². The summed E-state index contributed by atoms with van der Waals surface area (Å²) in [5, 5.41) is 9.00. The quantitative estimate of drug-likeness (QED) is 0.583. The van der Waals surface area contributed by atoms with Crippen molar-refractivity contribution in [2.24, 2.45) is 0 Å². The van der Waals surface area contributed by atoms with Gasteiger partial charge in [0.25, 0.3) is 0 Å². The molecule has 172 valence electrons. The number of amides is 3. The molecule has 3 amide bonds. The zero-order valence-electron chi connectivity index (χ0n) is 17.7. The minimum atomic E-state index is -2.85. The first kappa shape index (κ1) is 23.2. The molecular weight excluding hydrogens is 406 g/mol. The van der Waals surface area contributed by atoms with Gasteiger partial charge < -0.3 is 20.7 Å². The smallest absolute Gasteiger partial charge is 0.387 e. The largest absolute Gasteiger partial charge is 0.435 e. The van der Waals surface area contributed by atoms with Crippen molar-refractivity contribution in [2.75, 3.05) is 19.6 Å². The summed E-state index contributed by atoms with van der Waals surface area (Å²) in [6.45, 7) is -0.722. The number of nitrogens with one attached hydrogen (secondary N) is 3. The van der Waals surface area contributed by atoms with Gasteiger partial charge in [-0.15, -0.1) is 0 Å². The lowest BCUT2D eigenvalue weighted by atomic mass is 9.96. The number of carbonyl (C=O) groups is 2. The molecule has 1 heterocycles. The van der Waals surface area contributed by atoms with Gasteiger partial charge in [0.2, 0.25) is 5.91 Å². The maximum atomic E-state index is 12.2. The number of likely N-dealkylation sites (tertiary alicyclic amines) is 1. The van der Waals surface area contributed by atoms with Crippen molar-refractivity contribution in [1.82, 2.24) is 20.9 Å². The van der Waals surface area contributed by atoms with Crippen LogP contribution in [0.15, 0.2) is 24.3 Å². The van der Waals surface area contributed by atoms with Crippen LogP contribution in [0.5, 0.6) is 5.75 Å². The summed E-state index contributed by atoms with van der Waals surface area (Å²) < 4.78 is 28.7. The fourth-order valence-electron chi connectivity index (χ4n) is 4.14. The van der Waals surface area contributed by atoms with Crippen LogP contribution in [0.2, 0.25) is 0 Å². The molecule has 9 heteroatoms. The third-order valence-corrected chi connectivity index (χ3v) is 5.87. The molecule has 0 bridgehead atoms. The highest BCUT2D eigenvalue weighted by atomic mass is 19.3. The predicted octanol–water partition coefficient (Wildman–Crippen LogP) is 3.00. The van der Waals surface area contributed by atoms with Gasteiger partial charge in [0.15, 0.2) is 0 Å². The summed E-state index contributed by atoms with van der Waals surface area (Å²) >= 11 is 0. The highest BCUT2D eigenvalue weighted by molar-refractivity contribution is 5.78. The van der Waals surface area contributed by atoms with Crippen molar-refractivity contribution >= 4 is 11.9 Å². The number of alkyl halides is 2. The zero-order valence-corrected chi connectivity index (χ0v) is 17.7. The second-order valence-electron chi connectivity index (χ2n) is 8.30. The normalized spacial score (nSPS) is 18.5. The van der Waals surface area contributed by atoms with Crippen molar-refractivity contribution in [2.45, 2.75) is 70.2 Å². The number of ether oxygens (including phenoxy) is 1. The molecule has 1 aromatic carbocycles. The van der Waals surface area contributed by atoms with Crippen molar-refractivity contribution in [3.8, 4) is 5.75 Å². The second kappa shape index (κ2) is 11.8. The number of nitrogens with zero attached hydrogens (tertiary/aromatic N) is 1. The van der Waals surface area contributed by atoms with Crippen molar-refractivity contribution < 1.29 is 23.1 Å². The molecule has 0 radical (unpaired) electrons. The summed E-state index contributed by atoms with van der Waals surface area (Å²) in [7, 11) is 0. The van der Waals surface area contributed by atoms with Gasteiger partial charge >= 0.3 is 12.6 Å². The van der Waals surface area contributed by atoms with Crippen LogP contribution in [0.4, 0.5) is 13.6 Å². The van der Waals surface area contributed by atoms with Gasteiger partial charge in [-0.2, -0.15) is 8.78 Å². The van der Waals surface area contributed by atoms with E-state index in [1.165, 1.54) is 31.4 Å². The highest BCUT2D eigenvalue weighted by Crippen LogP contribution is 2.18. The van der Waals surface area contributed by atoms with E-state index in [4.69, 9.17) is 0 Å². The van der Waals surface area contributed by atoms with Crippen LogP contribution in [0.1, 0.15) is 50.5 Å². The number of urea groups is 1. The molecule has 0 unspecified atom stereocenters. The monoisotopic (exact) mass is 438 g/mol. The number of piperidine rings is 1. The van der Waals surface area contributed by atoms with E-state index in [0.29, 0.717) is 19.1 Å². The fraction of sp³-hybridized carbons (Fsp3) is 0.636. The molecule has 3 rings (SSSR count). The van der Waals surface area contributed by atoms with E-state index < -0.39 is 6.61 Å². The Hall–Kier alpha value is -2.42. The molecule has 0 aromatic heterocycles. The van der Waals surface area contributed by atoms with Crippen molar-refractivity contribution in [1.29, 1.82) is 0 Å². The van der Waals surface area contributed by atoms with E-state index in [2.05, 4.69) is 25.6 Å². The zero-order chi connectivity index (χ0) is 22.1. The van der Waals surface area contributed by atoms with Crippen LogP contribution in [0.25, 0.3) is 0 Å². The first-order chi connectivity index (χ1) is 15.0. The molecule has 1 aliphatic carbocycles. The molecular formula is C22H32F2N4O3. The van der Waals surface area contributed by atoms with Gasteiger partial charge in [-0.3, -0.25) is 9.69 Å². The van der Waals surface area contributed by atoms with E-state index in [1.807, 2.05) is 0 Å². The lowest BCUT2D eigenvalue weighted by Crippen LogP contribution is -2.51. The highest BCUT2D eigenvalue weighted by Gasteiger charge is 2.23. The minimum Gasteiger partial charge on any atom is -0.435 e. The number of hydrogen-bond acceptors (Lipinski definition) is 4. The molecule has 1 aliphatic heterocycles. The topological polar surface area (TPSA) is 82.7 Å². The molecule has 0 spiro atoms. The number of halogens is 2. The Morgan fingerprint density at radius 1 is 0.968 bits per heavy atom. The van der Waals surface area contributed by atoms with E-state index in [9.17, 15) is 18.4 Å². The van der Waals surface area contributed by atoms with Gasteiger partial charge in [0, 0.05) is 31.7 Å². The first-order valence-corrected chi connectivity index (χ1v) is 11.1. The Morgan fingerprint density at radius 3 is 2.19 bits per heavy atom. The van der Waals surface area contributed by atoms with Crippen LogP contribution in [0, 0.1) is 0 Å². The molecule has 3 N–H and O–H groups in total. The molecule has 0 atom stereocenters. The summed E-state index contributed by atoms with van der Waals surface area (Å²) in [4.78, 5) is 26.5.